The van der Waals surface area contributed by atoms with Gasteiger partial charge in [-0.3, -0.25) is 0 Å². The smallest absolute Gasteiger partial charge is 0 e. The van der Waals surface area contributed by atoms with Gasteiger partial charge < -0.3 is 6.92 Å². The van der Waals surface area contributed by atoms with Crippen molar-refractivity contribution >= 4 is 0 Å². The summed E-state index contributed by atoms with van der Waals surface area (Å²) in [6.45, 7) is 8.42. The van der Waals surface area contributed by atoms with Gasteiger partial charge >= 0.3 is 0 Å². The standard InChI is InChI=1S/C8H17.Mn/c1-4-6-7-8(3)5-2;/h8H,3-7H2,1-2H3;/q-1;. The fourth-order valence-electron chi connectivity index (χ4n) is 0.697. The molecule has 0 saturated carbocycles. The summed E-state index contributed by atoms with van der Waals surface area (Å²) in [7, 11) is 0. The average molecular weight is 168 g/mol. The monoisotopic (exact) mass is 168 g/mol. The van der Waals surface area contributed by atoms with Crippen molar-refractivity contribution in [2.24, 2.45) is 5.92 Å². The van der Waals surface area contributed by atoms with Crippen molar-refractivity contribution in [1.82, 2.24) is 0 Å². The summed E-state index contributed by atoms with van der Waals surface area (Å²) in [5, 5.41) is 0. The second-order valence-electron chi connectivity index (χ2n) is 2.42. The third-order valence-electron chi connectivity index (χ3n) is 1.54. The van der Waals surface area contributed by atoms with Crippen molar-refractivity contribution < 1.29 is 17.1 Å². The summed E-state index contributed by atoms with van der Waals surface area (Å²) in [6, 6.07) is 0. The number of hydrogen-bond donors (Lipinski definition) is 0. The molecule has 0 aliphatic heterocycles. The number of hydrogen-bond acceptors (Lipinski definition) is 0. The maximum absolute atomic E-state index is 3.99. The van der Waals surface area contributed by atoms with Gasteiger partial charge in [0.05, 0.1) is 0 Å². The molecule has 0 bridgehead atoms. The topological polar surface area (TPSA) is 0 Å². The zero-order valence-electron chi connectivity index (χ0n) is 6.49. The Bertz CT molecular complexity index is 43.8. The van der Waals surface area contributed by atoms with E-state index in [9.17, 15) is 0 Å². The van der Waals surface area contributed by atoms with Gasteiger partial charge in [-0.2, -0.15) is 5.92 Å². The fraction of sp³-hybridized carbons (Fsp3) is 0.875. The van der Waals surface area contributed by atoms with Crippen molar-refractivity contribution in [1.29, 1.82) is 0 Å². The van der Waals surface area contributed by atoms with Crippen LogP contribution in [0.3, 0.4) is 0 Å². The van der Waals surface area contributed by atoms with E-state index in [1.807, 2.05) is 0 Å². The molecule has 0 aromatic rings. The average Bonchev–Trinajstić information content (AvgIpc) is 1.83. The van der Waals surface area contributed by atoms with E-state index in [4.69, 9.17) is 0 Å². The van der Waals surface area contributed by atoms with Gasteiger partial charge in [-0.15, -0.1) is 0 Å². The van der Waals surface area contributed by atoms with Gasteiger partial charge in [-0.25, -0.2) is 0 Å². The van der Waals surface area contributed by atoms with Crippen LogP contribution in [0.25, 0.3) is 0 Å². The van der Waals surface area contributed by atoms with E-state index in [1.54, 1.807) is 0 Å². The van der Waals surface area contributed by atoms with E-state index in [-0.39, 0.29) is 17.1 Å². The van der Waals surface area contributed by atoms with Crippen LogP contribution in [-0.2, 0) is 17.1 Å². The summed E-state index contributed by atoms with van der Waals surface area (Å²) in [4.78, 5) is 0. The maximum atomic E-state index is 3.99. The van der Waals surface area contributed by atoms with Crippen LogP contribution in [0.1, 0.15) is 39.5 Å². The van der Waals surface area contributed by atoms with Crippen LogP contribution in [0.5, 0.6) is 0 Å². The third kappa shape index (κ3) is 8.52. The second kappa shape index (κ2) is 8.52. The van der Waals surface area contributed by atoms with E-state index in [2.05, 4.69) is 20.8 Å². The predicted molar refractivity (Wildman–Crippen MR) is 38.7 cm³/mol. The SMILES string of the molecule is [CH2-]C(CC)CCCC.[Mn]. The van der Waals surface area contributed by atoms with E-state index in [0.717, 1.165) is 0 Å². The number of rotatable bonds is 4. The van der Waals surface area contributed by atoms with Gasteiger partial charge in [0.15, 0.2) is 0 Å². The molecule has 0 aromatic heterocycles. The summed E-state index contributed by atoms with van der Waals surface area (Å²) in [5.74, 6) is 0.704. The molecule has 1 atom stereocenters. The van der Waals surface area contributed by atoms with Gasteiger partial charge in [0, 0.05) is 17.1 Å². The van der Waals surface area contributed by atoms with Crippen molar-refractivity contribution in [2.45, 2.75) is 39.5 Å². The molecule has 0 spiro atoms. The molecule has 1 heteroatoms. The molecule has 0 N–H and O–H groups in total. The Morgan fingerprint density at radius 1 is 1.33 bits per heavy atom. The molecule has 0 amide bonds. The van der Waals surface area contributed by atoms with Crippen LogP contribution < -0.4 is 0 Å². The molecular weight excluding hydrogens is 151 g/mol. The molecule has 1 radical (unpaired) electrons. The van der Waals surface area contributed by atoms with Gasteiger partial charge in [-0.1, -0.05) is 39.5 Å². The summed E-state index contributed by atoms with van der Waals surface area (Å²) in [5.41, 5.74) is 0. The minimum Gasteiger partial charge on any atom is -0.340 e. The summed E-state index contributed by atoms with van der Waals surface area (Å²) in [6.07, 6.45) is 5.21. The quantitative estimate of drug-likeness (QED) is 0.447. The molecule has 57 valence electrons. The molecule has 9 heavy (non-hydrogen) atoms. The van der Waals surface area contributed by atoms with Crippen LogP contribution in [0.15, 0.2) is 0 Å². The molecule has 0 aromatic carbocycles. The Balaban J connectivity index is 0. The number of unbranched alkanes of at least 4 members (excludes halogenated alkanes) is 1. The summed E-state index contributed by atoms with van der Waals surface area (Å²) < 4.78 is 0. The van der Waals surface area contributed by atoms with Crippen molar-refractivity contribution in [3.05, 3.63) is 6.92 Å². The second-order valence-corrected chi connectivity index (χ2v) is 2.42. The van der Waals surface area contributed by atoms with E-state index in [1.165, 1.54) is 25.7 Å². The van der Waals surface area contributed by atoms with E-state index in [0.29, 0.717) is 5.92 Å². The fourth-order valence-corrected chi connectivity index (χ4v) is 0.697. The molecule has 0 fully saturated rings. The Morgan fingerprint density at radius 2 is 1.89 bits per heavy atom. The van der Waals surface area contributed by atoms with Crippen molar-refractivity contribution in [3.63, 3.8) is 0 Å². The molecule has 0 aliphatic rings. The van der Waals surface area contributed by atoms with E-state index >= 15 is 0 Å². The van der Waals surface area contributed by atoms with Crippen LogP contribution in [0.4, 0.5) is 0 Å². The molecule has 0 saturated heterocycles. The van der Waals surface area contributed by atoms with Crippen LogP contribution in [0.2, 0.25) is 0 Å². The van der Waals surface area contributed by atoms with E-state index < -0.39 is 0 Å². The minimum atomic E-state index is 0. The third-order valence-corrected chi connectivity index (χ3v) is 1.54. The first-order valence-corrected chi connectivity index (χ1v) is 3.64. The molecular formula is C8H17Mn-. The van der Waals surface area contributed by atoms with Gasteiger partial charge in [0.1, 0.15) is 0 Å². The van der Waals surface area contributed by atoms with Crippen molar-refractivity contribution in [3.8, 4) is 0 Å². The first-order chi connectivity index (χ1) is 3.81. The molecule has 1 unspecified atom stereocenters. The van der Waals surface area contributed by atoms with Gasteiger partial charge in [-0.05, 0) is 0 Å². The Labute approximate surface area is 69.9 Å². The molecule has 0 aliphatic carbocycles. The first kappa shape index (κ1) is 12.2. The van der Waals surface area contributed by atoms with Crippen LogP contribution in [-0.4, -0.2) is 0 Å². The van der Waals surface area contributed by atoms with Crippen molar-refractivity contribution in [2.75, 3.05) is 0 Å². The zero-order valence-corrected chi connectivity index (χ0v) is 7.67. The molecule has 0 nitrogen and oxygen atoms in total. The van der Waals surface area contributed by atoms with Crippen LogP contribution >= 0.6 is 0 Å². The Hall–Kier alpha value is 0.519. The Morgan fingerprint density at radius 3 is 2.22 bits per heavy atom. The predicted octanol–water partition coefficient (Wildman–Crippen LogP) is 3.03. The summed E-state index contributed by atoms with van der Waals surface area (Å²) >= 11 is 0. The Kier molecular flexibility index (Phi) is 11.6. The maximum Gasteiger partial charge on any atom is 0 e. The first-order valence-electron chi connectivity index (χ1n) is 3.64. The van der Waals surface area contributed by atoms with Gasteiger partial charge in [0.25, 0.3) is 0 Å². The van der Waals surface area contributed by atoms with Gasteiger partial charge in [0.2, 0.25) is 0 Å². The minimum absolute atomic E-state index is 0. The normalized spacial score (nSPS) is 12.3. The molecule has 0 heterocycles. The zero-order chi connectivity index (χ0) is 6.41. The molecule has 0 rings (SSSR count). The largest absolute Gasteiger partial charge is 0.340 e. The van der Waals surface area contributed by atoms with Crippen LogP contribution in [0, 0.1) is 12.8 Å².